The van der Waals surface area contributed by atoms with E-state index >= 15 is 0 Å². The molecule has 2 N–H and O–H groups in total. The molecule has 0 fully saturated rings. The molecule has 1 unspecified atom stereocenters. The van der Waals surface area contributed by atoms with Gasteiger partial charge >= 0.3 is 5.97 Å². The van der Waals surface area contributed by atoms with E-state index in [2.05, 4.69) is 31.3 Å². The second kappa shape index (κ2) is 7.97. The number of amides is 1. The fourth-order valence-electron chi connectivity index (χ4n) is 2.57. The van der Waals surface area contributed by atoms with Crippen LogP contribution >= 0.6 is 0 Å². The molecule has 1 amide bonds. The first-order chi connectivity index (χ1) is 8.99. The lowest BCUT2D eigenvalue weighted by Crippen LogP contribution is -2.35. The standard InChI is InChI=1S/C15H25NO3/c1-11(2)8-12(9-14(17)18)10-16-15(19)13-6-4-3-5-7-13/h3-4,11-13H,5-10H2,1-2H3,(H,16,19)(H,17,18)/t12-,13?/m0/s1. The molecule has 108 valence electrons. The van der Waals surface area contributed by atoms with Gasteiger partial charge < -0.3 is 10.4 Å². The Hall–Kier alpha value is -1.32. The molecule has 0 aromatic carbocycles. The highest BCUT2D eigenvalue weighted by Crippen LogP contribution is 2.19. The van der Waals surface area contributed by atoms with E-state index in [4.69, 9.17) is 5.11 Å². The van der Waals surface area contributed by atoms with E-state index in [9.17, 15) is 9.59 Å². The molecule has 4 heteroatoms. The van der Waals surface area contributed by atoms with Crippen molar-refractivity contribution in [3.63, 3.8) is 0 Å². The molecule has 0 heterocycles. The molecule has 1 aliphatic rings. The lowest BCUT2D eigenvalue weighted by atomic mass is 9.92. The van der Waals surface area contributed by atoms with Gasteiger partial charge in [-0.25, -0.2) is 0 Å². The molecule has 0 aliphatic heterocycles. The average molecular weight is 267 g/mol. The number of rotatable bonds is 7. The first-order valence-corrected chi connectivity index (χ1v) is 7.13. The molecule has 0 bridgehead atoms. The maximum absolute atomic E-state index is 12.0. The van der Waals surface area contributed by atoms with Crippen LogP contribution in [-0.4, -0.2) is 23.5 Å². The summed E-state index contributed by atoms with van der Waals surface area (Å²) in [6.07, 6.45) is 7.78. The van der Waals surface area contributed by atoms with Crippen LogP contribution in [0, 0.1) is 17.8 Å². The summed E-state index contributed by atoms with van der Waals surface area (Å²) in [5.74, 6) is -0.182. The molecule has 4 nitrogen and oxygen atoms in total. The highest BCUT2D eigenvalue weighted by molar-refractivity contribution is 5.79. The number of nitrogens with one attached hydrogen (secondary N) is 1. The molecule has 0 saturated carbocycles. The van der Waals surface area contributed by atoms with Crippen LogP contribution in [0.1, 0.15) is 46.0 Å². The highest BCUT2D eigenvalue weighted by atomic mass is 16.4. The van der Waals surface area contributed by atoms with E-state index in [1.807, 2.05) is 0 Å². The van der Waals surface area contributed by atoms with Crippen LogP contribution in [0.3, 0.4) is 0 Å². The topological polar surface area (TPSA) is 66.4 Å². The lowest BCUT2D eigenvalue weighted by Gasteiger charge is -2.21. The first kappa shape index (κ1) is 15.7. The number of hydrogen-bond donors (Lipinski definition) is 2. The zero-order valence-corrected chi connectivity index (χ0v) is 11.9. The van der Waals surface area contributed by atoms with Crippen molar-refractivity contribution in [1.29, 1.82) is 0 Å². The Bertz CT molecular complexity index is 336. The maximum atomic E-state index is 12.0. The molecular weight excluding hydrogens is 242 g/mol. The summed E-state index contributed by atoms with van der Waals surface area (Å²) in [5, 5.41) is 11.8. The Morgan fingerprint density at radius 2 is 2.11 bits per heavy atom. The highest BCUT2D eigenvalue weighted by Gasteiger charge is 2.21. The zero-order chi connectivity index (χ0) is 14.3. The van der Waals surface area contributed by atoms with Crippen LogP contribution in [0.2, 0.25) is 0 Å². The summed E-state index contributed by atoms with van der Waals surface area (Å²) in [6.45, 7) is 4.62. The van der Waals surface area contributed by atoms with E-state index in [1.165, 1.54) is 0 Å². The third kappa shape index (κ3) is 6.41. The molecule has 0 aromatic heterocycles. The predicted molar refractivity (Wildman–Crippen MR) is 74.7 cm³/mol. The molecule has 0 saturated heterocycles. The number of carbonyl (C=O) groups is 2. The van der Waals surface area contributed by atoms with Crippen molar-refractivity contribution < 1.29 is 14.7 Å². The molecule has 0 spiro atoms. The van der Waals surface area contributed by atoms with Crippen molar-refractivity contribution >= 4 is 11.9 Å². The van der Waals surface area contributed by atoms with Crippen molar-refractivity contribution in [2.24, 2.45) is 17.8 Å². The Labute approximate surface area is 115 Å². The van der Waals surface area contributed by atoms with Crippen molar-refractivity contribution in [1.82, 2.24) is 5.32 Å². The number of aliphatic carboxylic acids is 1. The molecule has 1 rings (SSSR count). The van der Waals surface area contributed by atoms with Crippen LogP contribution in [0.15, 0.2) is 12.2 Å². The normalized spacial score (nSPS) is 20.3. The molecular formula is C15H25NO3. The Morgan fingerprint density at radius 3 is 2.63 bits per heavy atom. The van der Waals surface area contributed by atoms with Gasteiger partial charge in [0.25, 0.3) is 0 Å². The van der Waals surface area contributed by atoms with Crippen molar-refractivity contribution in [3.05, 3.63) is 12.2 Å². The van der Waals surface area contributed by atoms with Gasteiger partial charge in [-0.15, -0.1) is 0 Å². The fraction of sp³-hybridized carbons (Fsp3) is 0.733. The van der Waals surface area contributed by atoms with Crippen LogP contribution in [-0.2, 0) is 9.59 Å². The summed E-state index contributed by atoms with van der Waals surface area (Å²) < 4.78 is 0. The average Bonchev–Trinajstić information content (AvgIpc) is 2.35. The summed E-state index contributed by atoms with van der Waals surface area (Å²) in [7, 11) is 0. The summed E-state index contributed by atoms with van der Waals surface area (Å²) in [4.78, 5) is 22.8. The number of carboxylic acids is 1. The van der Waals surface area contributed by atoms with Gasteiger partial charge in [-0.05, 0) is 37.5 Å². The van der Waals surface area contributed by atoms with Crippen LogP contribution in [0.25, 0.3) is 0 Å². The molecule has 1 aliphatic carbocycles. The molecule has 0 radical (unpaired) electrons. The molecule has 0 aromatic rings. The van der Waals surface area contributed by atoms with Gasteiger partial charge in [0.1, 0.15) is 0 Å². The van der Waals surface area contributed by atoms with E-state index in [-0.39, 0.29) is 24.2 Å². The Balaban J connectivity index is 2.39. The summed E-state index contributed by atoms with van der Waals surface area (Å²) in [5.41, 5.74) is 0. The maximum Gasteiger partial charge on any atom is 0.303 e. The van der Waals surface area contributed by atoms with Crippen LogP contribution < -0.4 is 5.32 Å². The summed E-state index contributed by atoms with van der Waals surface area (Å²) >= 11 is 0. The van der Waals surface area contributed by atoms with Crippen molar-refractivity contribution in [2.45, 2.75) is 46.0 Å². The van der Waals surface area contributed by atoms with Gasteiger partial charge in [-0.1, -0.05) is 26.0 Å². The van der Waals surface area contributed by atoms with Gasteiger partial charge in [0, 0.05) is 18.9 Å². The minimum atomic E-state index is -0.791. The zero-order valence-electron chi connectivity index (χ0n) is 11.9. The van der Waals surface area contributed by atoms with Gasteiger partial charge in [0.2, 0.25) is 5.91 Å². The van der Waals surface area contributed by atoms with Gasteiger partial charge in [0.05, 0.1) is 0 Å². The van der Waals surface area contributed by atoms with Crippen LogP contribution in [0.4, 0.5) is 0 Å². The second-order valence-corrected chi connectivity index (χ2v) is 5.82. The third-order valence-corrected chi connectivity index (χ3v) is 3.47. The van der Waals surface area contributed by atoms with E-state index < -0.39 is 5.97 Å². The van der Waals surface area contributed by atoms with Gasteiger partial charge in [-0.2, -0.15) is 0 Å². The predicted octanol–water partition coefficient (Wildman–Crippen LogP) is 2.60. The van der Waals surface area contributed by atoms with Crippen LogP contribution in [0.5, 0.6) is 0 Å². The van der Waals surface area contributed by atoms with E-state index in [0.717, 1.165) is 25.7 Å². The van der Waals surface area contributed by atoms with Gasteiger partial charge in [-0.3, -0.25) is 9.59 Å². The first-order valence-electron chi connectivity index (χ1n) is 7.13. The van der Waals surface area contributed by atoms with E-state index in [1.54, 1.807) is 0 Å². The largest absolute Gasteiger partial charge is 0.481 e. The minimum Gasteiger partial charge on any atom is -0.481 e. The van der Waals surface area contributed by atoms with Gasteiger partial charge in [0.15, 0.2) is 0 Å². The van der Waals surface area contributed by atoms with E-state index in [0.29, 0.717) is 12.5 Å². The lowest BCUT2D eigenvalue weighted by molar-refractivity contribution is -0.138. The van der Waals surface area contributed by atoms with Crippen molar-refractivity contribution in [2.75, 3.05) is 6.54 Å². The number of carboxylic acid groups (broad SMARTS) is 1. The minimum absolute atomic E-state index is 0.0283. The Kier molecular flexibility index (Phi) is 6.60. The van der Waals surface area contributed by atoms with Crippen molar-refractivity contribution in [3.8, 4) is 0 Å². The number of allylic oxidation sites excluding steroid dienone is 2. The fourth-order valence-corrected chi connectivity index (χ4v) is 2.57. The SMILES string of the molecule is CC(C)C[C@H](CNC(=O)C1CC=CCC1)CC(=O)O. The monoisotopic (exact) mass is 267 g/mol. The summed E-state index contributed by atoms with van der Waals surface area (Å²) in [6, 6.07) is 0. The number of hydrogen-bond acceptors (Lipinski definition) is 2. The molecule has 2 atom stereocenters. The quantitative estimate of drug-likeness (QED) is 0.697. The smallest absolute Gasteiger partial charge is 0.303 e. The number of carbonyl (C=O) groups excluding carboxylic acids is 1. The Morgan fingerprint density at radius 1 is 1.37 bits per heavy atom. The second-order valence-electron chi connectivity index (χ2n) is 5.82. The molecule has 19 heavy (non-hydrogen) atoms. The third-order valence-electron chi connectivity index (χ3n) is 3.47.